The predicted octanol–water partition coefficient (Wildman–Crippen LogP) is 2.89. The van der Waals surface area contributed by atoms with Crippen LogP contribution >= 0.6 is 0 Å². The summed E-state index contributed by atoms with van der Waals surface area (Å²) >= 11 is 0. The van der Waals surface area contributed by atoms with E-state index in [-0.39, 0.29) is 0 Å². The summed E-state index contributed by atoms with van der Waals surface area (Å²) in [7, 11) is 4.39. The molecule has 1 aromatic carbocycles. The zero-order valence-electron chi connectivity index (χ0n) is 11.5. The minimum absolute atomic E-state index is 0.712. The average molecular weight is 243 g/mol. The molecule has 1 aliphatic heterocycles. The molecule has 2 fully saturated rings. The SMILES string of the molecule is CN(C)[C@@H]1CCN(c2cc[c]cc2C2CCC2)C1. The number of benzene rings is 1. The molecule has 1 atom stereocenters. The van der Waals surface area contributed by atoms with Gasteiger partial charge in [0.15, 0.2) is 0 Å². The molecule has 18 heavy (non-hydrogen) atoms. The van der Waals surface area contributed by atoms with Gasteiger partial charge in [-0.1, -0.05) is 12.5 Å². The lowest BCUT2D eigenvalue weighted by Gasteiger charge is -2.31. The number of anilines is 1. The summed E-state index contributed by atoms with van der Waals surface area (Å²) in [6.45, 7) is 2.38. The average Bonchev–Trinajstić information content (AvgIpc) is 2.77. The first-order chi connectivity index (χ1) is 8.75. The van der Waals surface area contributed by atoms with Crippen molar-refractivity contribution < 1.29 is 0 Å². The Bertz CT molecular complexity index is 409. The highest BCUT2D eigenvalue weighted by molar-refractivity contribution is 5.56. The standard InChI is InChI=1S/C16H23N2/c1-17(2)14-10-11-18(12-14)16-9-4-3-8-15(16)13-6-5-7-13/h4,8-9,13-14H,5-7,10-12H2,1-2H3/t14-/m1/s1. The van der Waals surface area contributed by atoms with E-state index in [1.807, 2.05) is 0 Å². The fraction of sp³-hybridized carbons (Fsp3) is 0.625. The summed E-state index contributed by atoms with van der Waals surface area (Å²) in [6, 6.07) is 10.5. The van der Waals surface area contributed by atoms with Gasteiger partial charge < -0.3 is 9.80 Å². The van der Waals surface area contributed by atoms with Crippen LogP contribution in [0.15, 0.2) is 18.2 Å². The van der Waals surface area contributed by atoms with Gasteiger partial charge >= 0.3 is 0 Å². The summed E-state index contributed by atoms with van der Waals surface area (Å²) in [5.41, 5.74) is 3.02. The Morgan fingerprint density at radius 3 is 2.72 bits per heavy atom. The van der Waals surface area contributed by atoms with Crippen molar-refractivity contribution in [1.29, 1.82) is 0 Å². The summed E-state index contributed by atoms with van der Waals surface area (Å²) in [5.74, 6) is 0.802. The van der Waals surface area contributed by atoms with Gasteiger partial charge in [0.05, 0.1) is 0 Å². The molecule has 2 aliphatic rings. The fourth-order valence-electron chi connectivity index (χ4n) is 3.15. The number of rotatable bonds is 3. The Hall–Kier alpha value is -1.02. The Labute approximate surface area is 111 Å². The van der Waals surface area contributed by atoms with Crippen molar-refractivity contribution in [3.8, 4) is 0 Å². The van der Waals surface area contributed by atoms with Gasteiger partial charge in [-0.2, -0.15) is 0 Å². The van der Waals surface area contributed by atoms with Crippen molar-refractivity contribution in [3.63, 3.8) is 0 Å². The third-order valence-corrected chi connectivity index (χ3v) is 4.65. The second-order valence-corrected chi connectivity index (χ2v) is 5.96. The monoisotopic (exact) mass is 243 g/mol. The Balaban J connectivity index is 1.80. The smallest absolute Gasteiger partial charge is 0.0402 e. The van der Waals surface area contributed by atoms with Gasteiger partial charge in [-0.15, -0.1) is 0 Å². The van der Waals surface area contributed by atoms with Crippen LogP contribution in [0, 0.1) is 6.07 Å². The first-order valence-corrected chi connectivity index (χ1v) is 7.17. The normalized spacial score (nSPS) is 24.6. The van der Waals surface area contributed by atoms with Crippen molar-refractivity contribution in [2.75, 3.05) is 32.1 Å². The second kappa shape index (κ2) is 4.93. The van der Waals surface area contributed by atoms with Gasteiger partial charge in [0, 0.05) is 24.8 Å². The van der Waals surface area contributed by atoms with Gasteiger partial charge in [0.1, 0.15) is 0 Å². The highest BCUT2D eigenvalue weighted by Crippen LogP contribution is 2.41. The van der Waals surface area contributed by atoms with E-state index >= 15 is 0 Å². The molecule has 2 nitrogen and oxygen atoms in total. The topological polar surface area (TPSA) is 6.48 Å². The summed E-state index contributed by atoms with van der Waals surface area (Å²) in [4.78, 5) is 4.93. The maximum atomic E-state index is 3.27. The maximum Gasteiger partial charge on any atom is 0.0402 e. The van der Waals surface area contributed by atoms with Crippen LogP contribution in [0.25, 0.3) is 0 Å². The Morgan fingerprint density at radius 1 is 1.28 bits per heavy atom. The number of nitrogens with zero attached hydrogens (tertiary/aromatic N) is 2. The van der Waals surface area contributed by atoms with Crippen molar-refractivity contribution in [2.24, 2.45) is 0 Å². The molecular formula is C16H23N2. The summed E-state index contributed by atoms with van der Waals surface area (Å²) < 4.78 is 0. The maximum absolute atomic E-state index is 3.27. The Morgan fingerprint density at radius 2 is 2.11 bits per heavy atom. The van der Waals surface area contributed by atoms with Crippen LogP contribution in [-0.4, -0.2) is 38.1 Å². The van der Waals surface area contributed by atoms with Gasteiger partial charge in [-0.3, -0.25) is 0 Å². The largest absolute Gasteiger partial charge is 0.370 e. The van der Waals surface area contributed by atoms with Crippen molar-refractivity contribution in [2.45, 2.75) is 37.6 Å². The van der Waals surface area contributed by atoms with E-state index in [1.165, 1.54) is 44.5 Å². The van der Waals surface area contributed by atoms with Crippen LogP contribution in [-0.2, 0) is 0 Å². The molecule has 0 spiro atoms. The van der Waals surface area contributed by atoms with Crippen LogP contribution < -0.4 is 4.90 Å². The zero-order chi connectivity index (χ0) is 12.5. The molecule has 2 heteroatoms. The zero-order valence-corrected chi connectivity index (χ0v) is 11.5. The second-order valence-electron chi connectivity index (χ2n) is 5.96. The molecular weight excluding hydrogens is 220 g/mol. The van der Waals surface area contributed by atoms with Crippen molar-refractivity contribution >= 4 is 5.69 Å². The first-order valence-electron chi connectivity index (χ1n) is 7.17. The van der Waals surface area contributed by atoms with Gasteiger partial charge in [0.2, 0.25) is 0 Å². The number of hydrogen-bond acceptors (Lipinski definition) is 2. The minimum Gasteiger partial charge on any atom is -0.370 e. The van der Waals surface area contributed by atoms with Crippen LogP contribution in [0.2, 0.25) is 0 Å². The van der Waals surface area contributed by atoms with Gasteiger partial charge in [0.25, 0.3) is 0 Å². The molecule has 0 N–H and O–H groups in total. The summed E-state index contributed by atoms with van der Waals surface area (Å²) in [5, 5.41) is 0. The van der Waals surface area contributed by atoms with Gasteiger partial charge in [-0.05, 0) is 63.0 Å². The minimum atomic E-state index is 0.712. The van der Waals surface area contributed by atoms with E-state index in [0.717, 1.165) is 5.92 Å². The third-order valence-electron chi connectivity index (χ3n) is 4.65. The molecule has 1 aliphatic carbocycles. The molecule has 1 aromatic rings. The molecule has 97 valence electrons. The molecule has 1 radical (unpaired) electrons. The quantitative estimate of drug-likeness (QED) is 0.805. The van der Waals surface area contributed by atoms with E-state index in [1.54, 1.807) is 5.56 Å². The molecule has 1 heterocycles. The molecule has 1 saturated carbocycles. The molecule has 0 aromatic heterocycles. The lowest BCUT2D eigenvalue weighted by molar-refractivity contribution is 0.315. The number of likely N-dealkylation sites (N-methyl/N-ethyl adjacent to an activating group) is 1. The highest BCUT2D eigenvalue weighted by Gasteiger charge is 2.28. The molecule has 1 saturated heterocycles. The fourth-order valence-corrected chi connectivity index (χ4v) is 3.15. The lowest BCUT2D eigenvalue weighted by atomic mass is 9.79. The van der Waals surface area contributed by atoms with Gasteiger partial charge in [-0.25, -0.2) is 0 Å². The van der Waals surface area contributed by atoms with Crippen molar-refractivity contribution in [1.82, 2.24) is 4.90 Å². The van der Waals surface area contributed by atoms with E-state index < -0.39 is 0 Å². The molecule has 0 bridgehead atoms. The van der Waals surface area contributed by atoms with Crippen LogP contribution in [0.4, 0.5) is 5.69 Å². The van der Waals surface area contributed by atoms with Crippen LogP contribution in [0.1, 0.15) is 37.2 Å². The molecule has 0 unspecified atom stereocenters. The third kappa shape index (κ3) is 2.14. The predicted molar refractivity (Wildman–Crippen MR) is 76.2 cm³/mol. The van der Waals surface area contributed by atoms with E-state index in [2.05, 4.69) is 48.2 Å². The highest BCUT2D eigenvalue weighted by atomic mass is 15.2. The lowest BCUT2D eigenvalue weighted by Crippen LogP contribution is -2.32. The number of hydrogen-bond donors (Lipinski definition) is 0. The molecule has 3 rings (SSSR count). The Kier molecular flexibility index (Phi) is 3.29. The summed E-state index contributed by atoms with van der Waals surface area (Å²) in [6.07, 6.45) is 5.43. The van der Waals surface area contributed by atoms with E-state index in [9.17, 15) is 0 Å². The first kappa shape index (κ1) is 12.0. The molecule has 0 amide bonds. The van der Waals surface area contributed by atoms with Crippen molar-refractivity contribution in [3.05, 3.63) is 29.8 Å². The van der Waals surface area contributed by atoms with E-state index in [0.29, 0.717) is 6.04 Å². The van der Waals surface area contributed by atoms with Crippen LogP contribution in [0.3, 0.4) is 0 Å². The van der Waals surface area contributed by atoms with E-state index in [4.69, 9.17) is 0 Å². The van der Waals surface area contributed by atoms with Crippen LogP contribution in [0.5, 0.6) is 0 Å².